The van der Waals surface area contributed by atoms with Gasteiger partial charge in [0, 0.05) is 19.8 Å². The minimum Gasteiger partial charge on any atom is -0.382 e. The van der Waals surface area contributed by atoms with Crippen LogP contribution in [0.3, 0.4) is 0 Å². The summed E-state index contributed by atoms with van der Waals surface area (Å²) in [7, 11) is 1.69. The van der Waals surface area contributed by atoms with Crippen LogP contribution >= 0.6 is 0 Å². The Labute approximate surface area is 88.2 Å². The van der Waals surface area contributed by atoms with Crippen LogP contribution < -0.4 is 5.32 Å². The molecule has 14 heavy (non-hydrogen) atoms. The van der Waals surface area contributed by atoms with Gasteiger partial charge in [0.1, 0.15) is 0 Å². The third-order valence-corrected chi connectivity index (χ3v) is 2.11. The zero-order valence-corrected chi connectivity index (χ0v) is 9.84. The lowest BCUT2D eigenvalue weighted by Gasteiger charge is -2.12. The molecule has 0 aliphatic rings. The SMILES string of the molecule is CCCC(C)NCCCOCCOC. The lowest BCUT2D eigenvalue weighted by molar-refractivity contribution is 0.0693. The van der Waals surface area contributed by atoms with Gasteiger partial charge in [0.25, 0.3) is 0 Å². The van der Waals surface area contributed by atoms with Gasteiger partial charge in [0.15, 0.2) is 0 Å². The molecule has 0 saturated carbocycles. The molecule has 0 heterocycles. The van der Waals surface area contributed by atoms with Crippen molar-refractivity contribution in [2.75, 3.05) is 33.5 Å². The molecule has 0 aliphatic heterocycles. The fraction of sp³-hybridized carbons (Fsp3) is 1.00. The number of ether oxygens (including phenoxy) is 2. The third kappa shape index (κ3) is 9.96. The van der Waals surface area contributed by atoms with E-state index in [0.29, 0.717) is 19.3 Å². The normalized spacial score (nSPS) is 13.1. The van der Waals surface area contributed by atoms with Gasteiger partial charge in [-0.1, -0.05) is 13.3 Å². The first-order chi connectivity index (χ1) is 6.81. The van der Waals surface area contributed by atoms with E-state index >= 15 is 0 Å². The van der Waals surface area contributed by atoms with Crippen molar-refractivity contribution in [3.05, 3.63) is 0 Å². The fourth-order valence-electron chi connectivity index (χ4n) is 1.30. The maximum Gasteiger partial charge on any atom is 0.0700 e. The summed E-state index contributed by atoms with van der Waals surface area (Å²) < 4.78 is 10.2. The van der Waals surface area contributed by atoms with Crippen molar-refractivity contribution in [3.8, 4) is 0 Å². The number of methoxy groups -OCH3 is 1. The molecule has 0 amide bonds. The molecule has 0 aliphatic carbocycles. The predicted molar refractivity (Wildman–Crippen MR) is 59.7 cm³/mol. The highest BCUT2D eigenvalue weighted by molar-refractivity contribution is 4.58. The molecular formula is C11H25NO2. The van der Waals surface area contributed by atoms with E-state index < -0.39 is 0 Å². The number of nitrogens with one attached hydrogen (secondary N) is 1. The van der Waals surface area contributed by atoms with E-state index in [4.69, 9.17) is 9.47 Å². The van der Waals surface area contributed by atoms with Crippen LogP contribution in [0.5, 0.6) is 0 Å². The van der Waals surface area contributed by atoms with Crippen molar-refractivity contribution < 1.29 is 9.47 Å². The summed E-state index contributed by atoms with van der Waals surface area (Å²) in [5.41, 5.74) is 0. The van der Waals surface area contributed by atoms with E-state index in [1.54, 1.807) is 7.11 Å². The van der Waals surface area contributed by atoms with E-state index in [-0.39, 0.29) is 0 Å². The molecule has 0 spiro atoms. The topological polar surface area (TPSA) is 30.5 Å². The van der Waals surface area contributed by atoms with Gasteiger partial charge in [-0.3, -0.25) is 0 Å². The molecule has 0 fully saturated rings. The minimum absolute atomic E-state index is 0.638. The van der Waals surface area contributed by atoms with Crippen LogP contribution in [-0.2, 0) is 9.47 Å². The van der Waals surface area contributed by atoms with E-state index in [2.05, 4.69) is 19.2 Å². The van der Waals surface area contributed by atoms with Crippen LogP contribution in [0.15, 0.2) is 0 Å². The summed E-state index contributed by atoms with van der Waals surface area (Å²) in [5, 5.41) is 3.46. The van der Waals surface area contributed by atoms with Crippen molar-refractivity contribution in [3.63, 3.8) is 0 Å². The van der Waals surface area contributed by atoms with Gasteiger partial charge in [0.05, 0.1) is 13.2 Å². The molecule has 0 saturated heterocycles. The molecule has 0 radical (unpaired) electrons. The Kier molecular flexibility index (Phi) is 10.9. The Balaban J connectivity index is 2.98. The van der Waals surface area contributed by atoms with Gasteiger partial charge in [0.2, 0.25) is 0 Å². The molecule has 3 heteroatoms. The van der Waals surface area contributed by atoms with E-state index in [0.717, 1.165) is 19.6 Å². The van der Waals surface area contributed by atoms with Crippen LogP contribution in [-0.4, -0.2) is 39.5 Å². The van der Waals surface area contributed by atoms with Gasteiger partial charge < -0.3 is 14.8 Å². The summed E-state index contributed by atoms with van der Waals surface area (Å²) in [6.45, 7) is 7.73. The Morgan fingerprint density at radius 3 is 2.64 bits per heavy atom. The van der Waals surface area contributed by atoms with Crippen molar-refractivity contribution in [2.24, 2.45) is 0 Å². The first-order valence-electron chi connectivity index (χ1n) is 5.61. The predicted octanol–water partition coefficient (Wildman–Crippen LogP) is 1.82. The van der Waals surface area contributed by atoms with Gasteiger partial charge >= 0.3 is 0 Å². The number of rotatable bonds is 10. The number of hydrogen-bond donors (Lipinski definition) is 1. The van der Waals surface area contributed by atoms with Crippen LogP contribution in [0.1, 0.15) is 33.1 Å². The molecule has 86 valence electrons. The molecule has 0 bridgehead atoms. The standard InChI is InChI=1S/C11H25NO2/c1-4-6-11(2)12-7-5-8-14-10-9-13-3/h11-12H,4-10H2,1-3H3. The maximum atomic E-state index is 5.35. The van der Waals surface area contributed by atoms with E-state index in [1.807, 2.05) is 0 Å². The molecule has 3 nitrogen and oxygen atoms in total. The second-order valence-electron chi connectivity index (χ2n) is 3.60. The summed E-state index contributed by atoms with van der Waals surface area (Å²) >= 11 is 0. The van der Waals surface area contributed by atoms with Gasteiger partial charge in [-0.15, -0.1) is 0 Å². The second-order valence-corrected chi connectivity index (χ2v) is 3.60. The zero-order valence-electron chi connectivity index (χ0n) is 9.84. The third-order valence-electron chi connectivity index (χ3n) is 2.11. The van der Waals surface area contributed by atoms with Crippen molar-refractivity contribution in [2.45, 2.75) is 39.2 Å². The summed E-state index contributed by atoms with van der Waals surface area (Å²) in [5.74, 6) is 0. The number of hydrogen-bond acceptors (Lipinski definition) is 3. The summed E-state index contributed by atoms with van der Waals surface area (Å²) in [6, 6.07) is 0.638. The molecule has 0 aromatic heterocycles. The molecule has 1 unspecified atom stereocenters. The molecule has 0 aromatic rings. The fourth-order valence-corrected chi connectivity index (χ4v) is 1.30. The smallest absolute Gasteiger partial charge is 0.0700 e. The molecule has 0 rings (SSSR count). The average molecular weight is 203 g/mol. The van der Waals surface area contributed by atoms with E-state index in [9.17, 15) is 0 Å². The van der Waals surface area contributed by atoms with E-state index in [1.165, 1.54) is 12.8 Å². The lowest BCUT2D eigenvalue weighted by atomic mass is 10.2. The summed E-state index contributed by atoms with van der Waals surface area (Å²) in [4.78, 5) is 0. The van der Waals surface area contributed by atoms with Crippen LogP contribution in [0, 0.1) is 0 Å². The Morgan fingerprint density at radius 2 is 2.00 bits per heavy atom. The molecule has 1 N–H and O–H groups in total. The minimum atomic E-state index is 0.638. The van der Waals surface area contributed by atoms with Gasteiger partial charge in [-0.25, -0.2) is 0 Å². The second kappa shape index (κ2) is 11.0. The molecule has 1 atom stereocenters. The average Bonchev–Trinajstić information content (AvgIpc) is 2.17. The molecule has 0 aromatic carbocycles. The molecular weight excluding hydrogens is 178 g/mol. The monoisotopic (exact) mass is 203 g/mol. The highest BCUT2D eigenvalue weighted by Gasteiger charge is 1.97. The van der Waals surface area contributed by atoms with Crippen molar-refractivity contribution >= 4 is 0 Å². The van der Waals surface area contributed by atoms with Gasteiger partial charge in [-0.05, 0) is 26.3 Å². The lowest BCUT2D eigenvalue weighted by Crippen LogP contribution is -2.27. The van der Waals surface area contributed by atoms with Crippen LogP contribution in [0.4, 0.5) is 0 Å². The zero-order chi connectivity index (χ0) is 10.6. The Bertz CT molecular complexity index is 109. The highest BCUT2D eigenvalue weighted by atomic mass is 16.5. The Morgan fingerprint density at radius 1 is 1.21 bits per heavy atom. The highest BCUT2D eigenvalue weighted by Crippen LogP contribution is 1.94. The van der Waals surface area contributed by atoms with Crippen molar-refractivity contribution in [1.82, 2.24) is 5.32 Å². The quantitative estimate of drug-likeness (QED) is 0.549. The first kappa shape index (κ1) is 13.9. The summed E-state index contributed by atoms with van der Waals surface area (Å²) in [6.07, 6.45) is 3.58. The Hall–Kier alpha value is -0.120. The van der Waals surface area contributed by atoms with Gasteiger partial charge in [-0.2, -0.15) is 0 Å². The van der Waals surface area contributed by atoms with Crippen LogP contribution in [0.25, 0.3) is 0 Å². The van der Waals surface area contributed by atoms with Crippen LogP contribution in [0.2, 0.25) is 0 Å². The largest absolute Gasteiger partial charge is 0.382 e. The maximum absolute atomic E-state index is 5.35. The first-order valence-corrected chi connectivity index (χ1v) is 5.61. The van der Waals surface area contributed by atoms with Crippen molar-refractivity contribution in [1.29, 1.82) is 0 Å².